The van der Waals surface area contributed by atoms with Crippen molar-refractivity contribution in [2.24, 2.45) is 40.4 Å². The van der Waals surface area contributed by atoms with Crippen molar-refractivity contribution < 1.29 is 42.9 Å². The van der Waals surface area contributed by atoms with Gasteiger partial charge in [-0.3, -0.25) is 4.79 Å². The third-order valence-corrected chi connectivity index (χ3v) is 11.7. The lowest BCUT2D eigenvalue weighted by Gasteiger charge is -2.61. The van der Waals surface area contributed by atoms with E-state index in [1.165, 1.54) is 19.1 Å². The standard InChI is InChI=1S/C31H42F2O7/c1-16(2)18-6-8-20(9-7-18)39-27(38)40-31(26(36)37)17(3)12-21-22-14-24(32)23-13-19(34)10-11-28(23,4)30(22,33)25(35)15-29(21,31)5/h10-11,16-18,20-22,25,35H,6-9,12-15H2,1-5H3,(H,36,37)/t17-,18?,20?,21+,22+,25+,28+,29+,30+,31+/m1/s1. The molecule has 0 aliphatic heterocycles. The van der Waals surface area contributed by atoms with Crippen molar-refractivity contribution in [1.29, 1.82) is 0 Å². The van der Waals surface area contributed by atoms with Crippen LogP contribution in [0.5, 0.6) is 0 Å². The first kappa shape index (κ1) is 29.2. The van der Waals surface area contributed by atoms with E-state index < -0.39 is 63.9 Å². The smallest absolute Gasteiger partial charge is 0.478 e. The Kier molecular flexibility index (Phi) is 7.03. The van der Waals surface area contributed by atoms with E-state index in [-0.39, 0.29) is 43.1 Å². The lowest BCUT2D eigenvalue weighted by molar-refractivity contribution is -0.227. The Hall–Kier alpha value is -2.29. The Bertz CT molecular complexity index is 1160. The molecule has 0 unspecified atom stereocenters. The average molecular weight is 565 g/mol. The number of carboxylic acid groups (broad SMARTS) is 1. The SMILES string of the molecule is CC(C)C1CCC(OC(=O)O[C@]2(C(=O)O)[C@H](C)C[C@H]3[C@@H]4CC(F)=C5CC(=O)C=C[C@]5(C)[C@@]4(F)[C@@H](O)C[C@@]32C)CC1. The molecule has 5 aliphatic rings. The van der Waals surface area contributed by atoms with Crippen molar-refractivity contribution in [3.63, 3.8) is 0 Å². The van der Waals surface area contributed by atoms with Gasteiger partial charge in [-0.25, -0.2) is 18.4 Å². The Morgan fingerprint density at radius 1 is 1.12 bits per heavy atom. The summed E-state index contributed by atoms with van der Waals surface area (Å²) in [6.45, 7) is 9.09. The zero-order valence-corrected chi connectivity index (χ0v) is 24.0. The number of alkyl halides is 1. The first-order valence-corrected chi connectivity index (χ1v) is 14.7. The first-order valence-electron chi connectivity index (χ1n) is 14.7. The van der Waals surface area contributed by atoms with Crippen LogP contribution in [-0.4, -0.2) is 51.6 Å². The molecule has 8 atom stereocenters. The highest BCUT2D eigenvalue weighted by Gasteiger charge is 2.78. The molecule has 0 aromatic heterocycles. The molecule has 0 aromatic rings. The van der Waals surface area contributed by atoms with Crippen LogP contribution in [0, 0.1) is 40.4 Å². The Morgan fingerprint density at radius 2 is 1.77 bits per heavy atom. The molecule has 3 saturated carbocycles. The average Bonchev–Trinajstić information content (AvgIpc) is 3.09. The van der Waals surface area contributed by atoms with Gasteiger partial charge in [0.1, 0.15) is 11.9 Å². The number of allylic oxidation sites excluding steroid dienone is 4. The van der Waals surface area contributed by atoms with Crippen molar-refractivity contribution in [2.45, 2.75) is 109 Å². The van der Waals surface area contributed by atoms with Crippen LogP contribution >= 0.6 is 0 Å². The fraction of sp³-hybridized carbons (Fsp3) is 0.774. The number of aliphatic hydroxyl groups excluding tert-OH is 1. The Morgan fingerprint density at radius 3 is 2.38 bits per heavy atom. The predicted octanol–water partition coefficient (Wildman–Crippen LogP) is 6.09. The van der Waals surface area contributed by atoms with Gasteiger partial charge in [-0.2, -0.15) is 0 Å². The molecule has 0 spiro atoms. The summed E-state index contributed by atoms with van der Waals surface area (Å²) in [4.78, 5) is 38.3. The summed E-state index contributed by atoms with van der Waals surface area (Å²) in [5, 5.41) is 22.1. The van der Waals surface area contributed by atoms with E-state index in [1.807, 2.05) is 0 Å². The third-order valence-electron chi connectivity index (χ3n) is 11.7. The van der Waals surface area contributed by atoms with Crippen molar-refractivity contribution >= 4 is 17.9 Å². The molecule has 0 aromatic carbocycles. The van der Waals surface area contributed by atoms with Gasteiger partial charge < -0.3 is 19.7 Å². The second-order valence-corrected chi connectivity index (χ2v) is 13.8. The number of ketones is 1. The monoisotopic (exact) mass is 564 g/mol. The van der Waals surface area contributed by atoms with Gasteiger partial charge >= 0.3 is 12.1 Å². The van der Waals surface area contributed by atoms with Crippen molar-refractivity contribution in [3.8, 4) is 0 Å². The van der Waals surface area contributed by atoms with Crippen molar-refractivity contribution in [2.75, 3.05) is 0 Å². The first-order chi connectivity index (χ1) is 18.6. The highest BCUT2D eigenvalue weighted by Crippen LogP contribution is 2.71. The fourth-order valence-electron chi connectivity index (χ4n) is 9.38. The summed E-state index contributed by atoms with van der Waals surface area (Å²) in [5.74, 6) is -3.77. The zero-order chi connectivity index (χ0) is 29.4. The normalized spacial score (nSPS) is 46.5. The van der Waals surface area contributed by atoms with E-state index in [9.17, 15) is 24.6 Å². The number of aliphatic hydroxyl groups is 1. The van der Waals surface area contributed by atoms with E-state index in [4.69, 9.17) is 9.47 Å². The maximum absolute atomic E-state index is 17.4. The quantitative estimate of drug-likeness (QED) is 0.398. The molecule has 0 radical (unpaired) electrons. The predicted molar refractivity (Wildman–Crippen MR) is 141 cm³/mol. The molecule has 40 heavy (non-hydrogen) atoms. The van der Waals surface area contributed by atoms with Crippen LogP contribution in [0.3, 0.4) is 0 Å². The van der Waals surface area contributed by atoms with Gasteiger partial charge in [0.05, 0.1) is 6.10 Å². The number of carboxylic acids is 1. The molecular formula is C31H42F2O7. The lowest BCUT2D eigenvalue weighted by Crippen LogP contribution is -2.69. The second-order valence-electron chi connectivity index (χ2n) is 13.8. The van der Waals surface area contributed by atoms with Gasteiger partial charge in [0.2, 0.25) is 5.60 Å². The molecule has 0 heterocycles. The maximum atomic E-state index is 17.4. The number of rotatable bonds is 4. The fourth-order valence-corrected chi connectivity index (χ4v) is 9.38. The molecule has 0 amide bonds. The summed E-state index contributed by atoms with van der Waals surface area (Å²) in [6, 6.07) is 0. The highest BCUT2D eigenvalue weighted by atomic mass is 19.1. The number of aliphatic carboxylic acids is 1. The van der Waals surface area contributed by atoms with Crippen LogP contribution in [0.4, 0.5) is 13.6 Å². The van der Waals surface area contributed by atoms with Gasteiger partial charge in [0.15, 0.2) is 11.5 Å². The minimum Gasteiger partial charge on any atom is -0.478 e. The van der Waals surface area contributed by atoms with Crippen LogP contribution < -0.4 is 0 Å². The minimum absolute atomic E-state index is 0.0453. The topological polar surface area (TPSA) is 110 Å². The highest BCUT2D eigenvalue weighted by molar-refractivity contribution is 5.93. The van der Waals surface area contributed by atoms with Gasteiger partial charge in [-0.1, -0.05) is 33.8 Å². The molecular weight excluding hydrogens is 522 g/mol. The minimum atomic E-state index is -2.33. The van der Waals surface area contributed by atoms with Gasteiger partial charge in [-0.15, -0.1) is 0 Å². The Balaban J connectivity index is 1.46. The molecule has 7 nitrogen and oxygen atoms in total. The zero-order valence-electron chi connectivity index (χ0n) is 24.0. The van der Waals surface area contributed by atoms with E-state index in [2.05, 4.69) is 13.8 Å². The van der Waals surface area contributed by atoms with Gasteiger partial charge in [-0.05, 0) is 74.9 Å². The van der Waals surface area contributed by atoms with Crippen LogP contribution in [0.15, 0.2) is 23.6 Å². The molecule has 3 fully saturated rings. The number of hydrogen-bond donors (Lipinski definition) is 2. The molecule has 5 aliphatic carbocycles. The summed E-state index contributed by atoms with van der Waals surface area (Å²) < 4.78 is 44.4. The Labute approximate surface area is 234 Å². The second kappa shape index (κ2) is 9.63. The summed E-state index contributed by atoms with van der Waals surface area (Å²) >= 11 is 0. The number of carbonyl (C=O) groups excluding carboxylic acids is 2. The van der Waals surface area contributed by atoms with E-state index in [0.29, 0.717) is 24.7 Å². The van der Waals surface area contributed by atoms with Crippen LogP contribution in [0.25, 0.3) is 0 Å². The summed E-state index contributed by atoms with van der Waals surface area (Å²) in [7, 11) is 0. The molecule has 0 bridgehead atoms. The molecule has 9 heteroatoms. The molecule has 0 saturated heterocycles. The van der Waals surface area contributed by atoms with Crippen LogP contribution in [0.1, 0.15) is 86.0 Å². The van der Waals surface area contributed by atoms with E-state index in [0.717, 1.165) is 12.8 Å². The summed E-state index contributed by atoms with van der Waals surface area (Å²) in [6.07, 6.45) is 1.87. The molecule has 222 valence electrons. The number of carbonyl (C=O) groups is 3. The van der Waals surface area contributed by atoms with Gasteiger partial charge in [0, 0.05) is 35.5 Å². The largest absolute Gasteiger partial charge is 0.509 e. The molecule has 2 N–H and O–H groups in total. The van der Waals surface area contributed by atoms with Crippen LogP contribution in [-0.2, 0) is 19.1 Å². The van der Waals surface area contributed by atoms with E-state index in [1.54, 1.807) is 13.8 Å². The summed E-state index contributed by atoms with van der Waals surface area (Å²) in [5.41, 5.74) is -7.33. The number of halogens is 2. The lowest BCUT2D eigenvalue weighted by atomic mass is 9.45. The van der Waals surface area contributed by atoms with Crippen molar-refractivity contribution in [3.05, 3.63) is 23.6 Å². The third kappa shape index (κ3) is 3.85. The number of hydrogen-bond acceptors (Lipinski definition) is 6. The van der Waals surface area contributed by atoms with Crippen LogP contribution in [0.2, 0.25) is 0 Å². The van der Waals surface area contributed by atoms with Gasteiger partial charge in [0.25, 0.3) is 0 Å². The van der Waals surface area contributed by atoms with E-state index >= 15 is 8.78 Å². The maximum Gasteiger partial charge on any atom is 0.509 e. The molecule has 5 rings (SSSR count). The number of ether oxygens (including phenoxy) is 2. The number of fused-ring (bicyclic) bond motifs is 5. The van der Waals surface area contributed by atoms with Crippen molar-refractivity contribution in [1.82, 2.24) is 0 Å².